The first-order valence-electron chi connectivity index (χ1n) is 11.1. The Morgan fingerprint density at radius 3 is 1.65 bits per heavy atom. The third-order valence-corrected chi connectivity index (χ3v) is 12.2. The molecule has 31 heavy (non-hydrogen) atoms. The second-order valence-corrected chi connectivity index (χ2v) is 12.8. The molecule has 0 amide bonds. The van der Waals surface area contributed by atoms with Crippen LogP contribution in [0.4, 0.5) is 0 Å². The zero-order valence-corrected chi connectivity index (χ0v) is 18.8. The Morgan fingerprint density at radius 2 is 1.19 bits per heavy atom. The monoisotopic (exact) mass is 422 g/mol. The third-order valence-electron chi connectivity index (χ3n) is 7.29. The Morgan fingerprint density at radius 1 is 0.742 bits per heavy atom. The molecular formula is C28H26O2Si. The van der Waals surface area contributed by atoms with Crippen LogP contribution >= 0.6 is 0 Å². The molecule has 0 unspecified atom stereocenters. The molecule has 3 heteroatoms. The quantitative estimate of drug-likeness (QED) is 0.366. The van der Waals surface area contributed by atoms with E-state index in [4.69, 9.17) is 0 Å². The summed E-state index contributed by atoms with van der Waals surface area (Å²) >= 11 is 0. The maximum absolute atomic E-state index is 13.7. The summed E-state index contributed by atoms with van der Waals surface area (Å²) < 4.78 is 0. The van der Waals surface area contributed by atoms with Gasteiger partial charge in [-0.25, -0.2) is 0 Å². The number of hydrogen-bond acceptors (Lipinski definition) is 2. The number of allylic oxidation sites excluding steroid dienone is 2. The highest BCUT2D eigenvalue weighted by Crippen LogP contribution is 2.45. The van der Waals surface area contributed by atoms with Crippen molar-refractivity contribution in [3.05, 3.63) is 102 Å². The number of carbonyl (C=O) groups excluding carboxylic acids is 2. The molecule has 2 nitrogen and oxygen atoms in total. The van der Waals surface area contributed by atoms with E-state index in [-0.39, 0.29) is 17.5 Å². The first-order chi connectivity index (χ1) is 15.1. The number of fused-ring (bicyclic) bond motifs is 2. The van der Waals surface area contributed by atoms with Crippen LogP contribution in [-0.4, -0.2) is 19.6 Å². The summed E-state index contributed by atoms with van der Waals surface area (Å²) in [5, 5.41) is 4.71. The molecular weight excluding hydrogens is 396 g/mol. The van der Waals surface area contributed by atoms with E-state index in [1.165, 1.54) is 15.6 Å². The minimum absolute atomic E-state index is 0.0110. The van der Waals surface area contributed by atoms with Crippen LogP contribution in [0.2, 0.25) is 0 Å². The molecule has 1 fully saturated rings. The molecule has 0 radical (unpaired) electrons. The highest BCUT2D eigenvalue weighted by molar-refractivity contribution is 7.16. The van der Waals surface area contributed by atoms with Crippen molar-refractivity contribution >= 4 is 35.2 Å². The van der Waals surface area contributed by atoms with Crippen molar-refractivity contribution < 1.29 is 9.59 Å². The van der Waals surface area contributed by atoms with E-state index in [9.17, 15) is 9.59 Å². The van der Waals surface area contributed by atoms with E-state index in [2.05, 4.69) is 72.8 Å². The largest absolute Gasteiger partial charge is 0.298 e. The van der Waals surface area contributed by atoms with Crippen LogP contribution in [0.3, 0.4) is 0 Å². The van der Waals surface area contributed by atoms with Gasteiger partial charge in [-0.3, -0.25) is 9.59 Å². The van der Waals surface area contributed by atoms with Gasteiger partial charge in [0.05, 0.1) is 5.41 Å². The molecule has 2 atom stereocenters. The van der Waals surface area contributed by atoms with E-state index in [0.29, 0.717) is 6.42 Å². The average molecular weight is 423 g/mol. The van der Waals surface area contributed by atoms with Crippen LogP contribution in [-0.2, 0) is 9.59 Å². The van der Waals surface area contributed by atoms with Gasteiger partial charge in [0, 0.05) is 5.92 Å². The molecule has 1 saturated carbocycles. The lowest BCUT2D eigenvalue weighted by atomic mass is 9.64. The summed E-state index contributed by atoms with van der Waals surface area (Å²) in [5.41, 5.74) is -0.851. The Bertz CT molecular complexity index is 1050. The molecule has 3 aromatic rings. The summed E-state index contributed by atoms with van der Waals surface area (Å²) in [6, 6.07) is 31.6. The van der Waals surface area contributed by atoms with Gasteiger partial charge in [0.2, 0.25) is 0 Å². The maximum Gasteiger partial charge on any atom is 0.176 e. The second kappa shape index (κ2) is 7.58. The molecule has 0 aromatic heterocycles. The molecule has 0 aliphatic heterocycles. The zero-order valence-electron chi connectivity index (χ0n) is 17.8. The standard InChI is InChI=1S/C28H26O2Si/c1-28-19-11-18-24(27(28)30)25(20-26(28)29)31(21-12-5-2-6-13-21,22-14-7-3-8-15-22)23-16-9-4-10-17-23/h2-10,12-17,20,24H,11,18-19H2,1H3/t24-,28+/m0/s1. The Labute approximate surface area is 184 Å². The molecule has 2 bridgehead atoms. The molecule has 2 aliphatic carbocycles. The van der Waals surface area contributed by atoms with Gasteiger partial charge < -0.3 is 0 Å². The second-order valence-electron chi connectivity index (χ2n) is 8.95. The maximum atomic E-state index is 13.7. The number of rotatable bonds is 4. The van der Waals surface area contributed by atoms with E-state index < -0.39 is 13.5 Å². The highest BCUT2D eigenvalue weighted by atomic mass is 28.3. The van der Waals surface area contributed by atoms with Gasteiger partial charge in [0.15, 0.2) is 19.6 Å². The first kappa shape index (κ1) is 19.9. The van der Waals surface area contributed by atoms with Gasteiger partial charge in [0.25, 0.3) is 0 Å². The summed E-state index contributed by atoms with van der Waals surface area (Å²) in [5.74, 6) is -0.0761. The minimum atomic E-state index is -2.80. The van der Waals surface area contributed by atoms with Crippen molar-refractivity contribution in [2.75, 3.05) is 0 Å². The van der Waals surface area contributed by atoms with Crippen LogP contribution in [0.25, 0.3) is 0 Å². The van der Waals surface area contributed by atoms with Crippen LogP contribution in [0.15, 0.2) is 102 Å². The molecule has 154 valence electrons. The van der Waals surface area contributed by atoms with E-state index >= 15 is 0 Å². The topological polar surface area (TPSA) is 34.1 Å². The Hall–Kier alpha value is -3.04. The predicted molar refractivity (Wildman–Crippen MR) is 128 cm³/mol. The van der Waals surface area contributed by atoms with Crippen molar-refractivity contribution in [3.63, 3.8) is 0 Å². The van der Waals surface area contributed by atoms with Gasteiger partial charge >= 0.3 is 0 Å². The number of hydrogen-bond donors (Lipinski definition) is 0. The summed E-state index contributed by atoms with van der Waals surface area (Å²) in [7, 11) is -2.80. The van der Waals surface area contributed by atoms with Crippen LogP contribution in [0.1, 0.15) is 26.2 Å². The third kappa shape index (κ3) is 2.91. The van der Waals surface area contributed by atoms with Crippen molar-refractivity contribution in [1.82, 2.24) is 0 Å². The molecule has 0 heterocycles. The molecule has 0 N–H and O–H groups in total. The molecule has 5 rings (SSSR count). The lowest BCUT2D eigenvalue weighted by molar-refractivity contribution is -0.143. The number of Topliss-reactive ketones (excluding diaryl/α,β-unsaturated/α-hetero) is 1. The van der Waals surface area contributed by atoms with Gasteiger partial charge in [0.1, 0.15) is 0 Å². The van der Waals surface area contributed by atoms with Gasteiger partial charge in [-0.05, 0) is 41.4 Å². The predicted octanol–water partition coefficient (Wildman–Crippen LogP) is 3.58. The number of ketones is 2. The fraction of sp³-hybridized carbons (Fsp3) is 0.214. The normalized spacial score (nSPS) is 23.4. The number of carbonyl (C=O) groups is 2. The van der Waals surface area contributed by atoms with Crippen LogP contribution in [0.5, 0.6) is 0 Å². The van der Waals surface area contributed by atoms with E-state index in [1.54, 1.807) is 0 Å². The lowest BCUT2D eigenvalue weighted by Gasteiger charge is -2.46. The summed E-state index contributed by atoms with van der Waals surface area (Å²) in [6.07, 6.45) is 4.29. The molecule has 2 aliphatic rings. The van der Waals surface area contributed by atoms with Crippen molar-refractivity contribution in [1.29, 1.82) is 0 Å². The molecule has 3 aromatic carbocycles. The van der Waals surface area contributed by atoms with Gasteiger partial charge in [-0.2, -0.15) is 0 Å². The average Bonchev–Trinajstić information content (AvgIpc) is 2.82. The Balaban J connectivity index is 1.90. The SMILES string of the molecule is C[C@]12CCC[C@H](C1=O)C([Si](c1ccccc1)(c1ccccc1)c1ccccc1)=CC2=O. The Kier molecular flexibility index (Phi) is 4.86. The molecule has 0 spiro atoms. The van der Waals surface area contributed by atoms with Gasteiger partial charge in [-0.15, -0.1) is 0 Å². The summed E-state index contributed by atoms with van der Waals surface area (Å²) in [4.78, 5) is 27.1. The van der Waals surface area contributed by atoms with E-state index in [1.807, 2.05) is 31.2 Å². The van der Waals surface area contributed by atoms with E-state index in [0.717, 1.165) is 18.0 Å². The van der Waals surface area contributed by atoms with Crippen molar-refractivity contribution in [2.45, 2.75) is 26.2 Å². The van der Waals surface area contributed by atoms with Gasteiger partial charge in [-0.1, -0.05) is 103 Å². The summed E-state index contributed by atoms with van der Waals surface area (Å²) in [6.45, 7) is 1.86. The van der Waals surface area contributed by atoms with Crippen molar-refractivity contribution in [3.8, 4) is 0 Å². The number of benzene rings is 3. The first-order valence-corrected chi connectivity index (χ1v) is 13.1. The fourth-order valence-electron chi connectivity index (χ4n) is 5.68. The minimum Gasteiger partial charge on any atom is -0.298 e. The highest BCUT2D eigenvalue weighted by Gasteiger charge is 2.56. The smallest absolute Gasteiger partial charge is 0.176 e. The zero-order chi connectivity index (χ0) is 21.5. The van der Waals surface area contributed by atoms with Crippen molar-refractivity contribution in [2.24, 2.45) is 11.3 Å². The van der Waals surface area contributed by atoms with Crippen LogP contribution in [0, 0.1) is 11.3 Å². The fourth-order valence-corrected chi connectivity index (χ4v) is 10.9. The molecule has 0 saturated heterocycles. The lowest BCUT2D eigenvalue weighted by Crippen LogP contribution is -2.71. The van der Waals surface area contributed by atoms with Crippen LogP contribution < -0.4 is 15.6 Å².